The van der Waals surface area contributed by atoms with Crippen molar-refractivity contribution in [3.05, 3.63) is 83.9 Å². The van der Waals surface area contributed by atoms with E-state index in [2.05, 4.69) is 0 Å². The van der Waals surface area contributed by atoms with Gasteiger partial charge in [0.15, 0.2) is 21.3 Å². The molecule has 4 rings (SSSR count). The Balaban J connectivity index is 1.57. The molecule has 0 aromatic heterocycles. The zero-order valence-corrected chi connectivity index (χ0v) is 23.2. The summed E-state index contributed by atoms with van der Waals surface area (Å²) in [7, 11) is -4.13. The smallest absolute Gasteiger partial charge is 0.421 e. The molecule has 0 saturated heterocycles. The number of sulfone groups is 1. The Labute approximate surface area is 233 Å². The van der Waals surface area contributed by atoms with Crippen LogP contribution in [0.25, 0.3) is 0 Å². The van der Waals surface area contributed by atoms with Crippen LogP contribution >= 0.6 is 0 Å². The molecule has 0 fully saturated rings. The summed E-state index contributed by atoms with van der Waals surface area (Å²) in [4.78, 5) is 11.8. The molecule has 0 aliphatic carbocycles. The highest BCUT2D eigenvalue weighted by molar-refractivity contribution is 7.92. The van der Waals surface area contributed by atoms with Crippen molar-refractivity contribution < 1.29 is 37.6 Å². The van der Waals surface area contributed by atoms with E-state index in [0.29, 0.717) is 28.7 Å². The molecule has 0 bridgehead atoms. The second kappa shape index (κ2) is 12.6. The normalized spacial score (nSPS) is 14.9. The highest BCUT2D eigenvalue weighted by atomic mass is 32.2. The van der Waals surface area contributed by atoms with E-state index in [-0.39, 0.29) is 36.2 Å². The maximum atomic E-state index is 13.8. The minimum Gasteiger partial charge on any atom is -0.489 e. The summed E-state index contributed by atoms with van der Waals surface area (Å²) in [5.41, 5.74) is 1.66. The predicted molar refractivity (Wildman–Crippen MR) is 148 cm³/mol. The molecule has 0 radical (unpaired) electrons. The molecule has 1 aliphatic heterocycles. The minimum atomic E-state index is -4.13. The fourth-order valence-corrected chi connectivity index (χ4v) is 6.69. The monoisotopic (exact) mass is 570 g/mol. The van der Waals surface area contributed by atoms with Gasteiger partial charge in [0.05, 0.1) is 22.3 Å². The Morgan fingerprint density at radius 1 is 1.00 bits per heavy atom. The number of carbonyl (C=O) groups is 1. The van der Waals surface area contributed by atoms with Crippen LogP contribution in [0, 0.1) is 5.92 Å². The van der Waals surface area contributed by atoms with Gasteiger partial charge in [0.1, 0.15) is 12.4 Å². The van der Waals surface area contributed by atoms with E-state index < -0.39 is 33.3 Å². The Morgan fingerprint density at radius 2 is 1.68 bits per heavy atom. The van der Waals surface area contributed by atoms with E-state index in [1.165, 1.54) is 18.2 Å². The molecule has 3 atom stereocenters. The molecule has 3 aromatic rings. The lowest BCUT2D eigenvalue weighted by atomic mass is 9.94. The first-order valence-corrected chi connectivity index (χ1v) is 14.4. The Bertz CT molecular complexity index is 1400. The van der Waals surface area contributed by atoms with E-state index >= 15 is 0 Å². The van der Waals surface area contributed by atoms with Crippen molar-refractivity contribution in [2.45, 2.75) is 55.6 Å². The number of rotatable bonds is 12. The van der Waals surface area contributed by atoms with Gasteiger partial charge in [-0.15, -0.1) is 0 Å². The number of ether oxygens (including phenoxy) is 3. The molecule has 4 N–H and O–H groups in total. The van der Waals surface area contributed by atoms with Crippen LogP contribution < -0.4 is 20.1 Å². The lowest BCUT2D eigenvalue weighted by Crippen LogP contribution is -2.56. The van der Waals surface area contributed by atoms with Crippen LogP contribution in [0.4, 0.5) is 4.79 Å². The van der Waals surface area contributed by atoms with Crippen molar-refractivity contribution in [2.24, 2.45) is 11.8 Å². The summed E-state index contributed by atoms with van der Waals surface area (Å²) in [6.07, 6.45) is -3.06. The van der Waals surface area contributed by atoms with Crippen molar-refractivity contribution in [3.63, 3.8) is 0 Å². The molecule has 11 heteroatoms. The Hall–Kier alpha value is -3.80. The van der Waals surface area contributed by atoms with Gasteiger partial charge >= 0.3 is 6.09 Å². The van der Waals surface area contributed by atoms with Crippen LogP contribution in [0.2, 0.25) is 0 Å². The third kappa shape index (κ3) is 6.85. The fourth-order valence-electron chi connectivity index (χ4n) is 4.62. The highest BCUT2D eigenvalue weighted by Gasteiger charge is 2.42. The van der Waals surface area contributed by atoms with Gasteiger partial charge < -0.3 is 24.4 Å². The summed E-state index contributed by atoms with van der Waals surface area (Å²) in [5.74, 6) is 7.09. The van der Waals surface area contributed by atoms with Crippen LogP contribution in [0.15, 0.2) is 77.7 Å². The number of benzene rings is 3. The molecule has 0 saturated carbocycles. The van der Waals surface area contributed by atoms with Crippen molar-refractivity contribution in [1.29, 1.82) is 0 Å². The van der Waals surface area contributed by atoms with Crippen LogP contribution in [0.1, 0.15) is 31.4 Å². The number of nitrogens with zero attached hydrogens (tertiary/aromatic N) is 1. The number of hydrogen-bond donors (Lipinski definition) is 3. The average Bonchev–Trinajstić information content (AvgIpc) is 3.42. The van der Waals surface area contributed by atoms with Crippen LogP contribution in [-0.2, 0) is 22.9 Å². The third-order valence-corrected chi connectivity index (χ3v) is 8.92. The van der Waals surface area contributed by atoms with Crippen molar-refractivity contribution in [1.82, 2.24) is 5.01 Å². The highest BCUT2D eigenvalue weighted by Crippen LogP contribution is 2.36. The predicted octanol–water partition coefficient (Wildman–Crippen LogP) is 4.01. The van der Waals surface area contributed by atoms with E-state index in [4.69, 9.17) is 20.1 Å². The quantitative estimate of drug-likeness (QED) is 0.167. The first kappa shape index (κ1) is 29.2. The van der Waals surface area contributed by atoms with Gasteiger partial charge in [0, 0.05) is 6.07 Å². The lowest BCUT2D eigenvalue weighted by Gasteiger charge is -2.34. The summed E-state index contributed by atoms with van der Waals surface area (Å²) in [5, 5.41) is 20.3. The maximum absolute atomic E-state index is 13.8. The molecule has 1 amide bonds. The van der Waals surface area contributed by atoms with Crippen LogP contribution in [-0.4, -0.2) is 53.9 Å². The van der Waals surface area contributed by atoms with Crippen molar-refractivity contribution >= 4 is 15.9 Å². The van der Waals surface area contributed by atoms with Gasteiger partial charge in [-0.25, -0.2) is 24.1 Å². The van der Waals surface area contributed by atoms with E-state index in [0.717, 1.165) is 5.56 Å². The number of hydrogen-bond acceptors (Lipinski definition) is 8. The number of hydrazine groups is 1. The number of amides is 1. The zero-order chi connectivity index (χ0) is 28.9. The van der Waals surface area contributed by atoms with Gasteiger partial charge in [0.2, 0.25) is 6.79 Å². The molecule has 40 heavy (non-hydrogen) atoms. The van der Waals surface area contributed by atoms with Gasteiger partial charge in [-0.1, -0.05) is 56.3 Å². The van der Waals surface area contributed by atoms with Crippen molar-refractivity contribution in [3.8, 4) is 17.2 Å². The topological polar surface area (TPSA) is 149 Å². The van der Waals surface area contributed by atoms with E-state index in [1.54, 1.807) is 24.3 Å². The average molecular weight is 571 g/mol. The molecule has 1 aliphatic rings. The third-order valence-electron chi connectivity index (χ3n) is 6.74. The minimum absolute atomic E-state index is 0.0181. The van der Waals surface area contributed by atoms with E-state index in [9.17, 15) is 23.4 Å². The number of aliphatic hydroxyl groups is 1. The zero-order valence-electron chi connectivity index (χ0n) is 22.3. The number of nitrogens with two attached hydrogens (primary N) is 1. The largest absolute Gasteiger partial charge is 0.489 e. The van der Waals surface area contributed by atoms with Crippen molar-refractivity contribution in [2.75, 3.05) is 6.79 Å². The lowest BCUT2D eigenvalue weighted by molar-refractivity contribution is 0.0422. The molecule has 10 nitrogen and oxygen atoms in total. The first-order chi connectivity index (χ1) is 19.1. The summed E-state index contributed by atoms with van der Waals surface area (Å²) in [6, 6.07) is 19.6. The first-order valence-electron chi connectivity index (χ1n) is 12.9. The molecule has 1 unspecified atom stereocenters. The number of aliphatic hydroxyl groups excluding tert-OH is 1. The van der Waals surface area contributed by atoms with Gasteiger partial charge in [-0.05, 0) is 54.2 Å². The molecular formula is C29H34N2O8S. The second-order valence-corrected chi connectivity index (χ2v) is 12.3. The Kier molecular flexibility index (Phi) is 9.18. The van der Waals surface area contributed by atoms with Crippen LogP contribution in [0.5, 0.6) is 17.2 Å². The molecule has 1 heterocycles. The molecule has 0 spiro atoms. The molecule has 214 valence electrons. The van der Waals surface area contributed by atoms with E-state index in [1.807, 2.05) is 44.2 Å². The maximum Gasteiger partial charge on any atom is 0.421 e. The number of fused-ring (bicyclic) bond motifs is 1. The summed E-state index contributed by atoms with van der Waals surface area (Å²) < 4.78 is 44.1. The fraction of sp³-hybridized carbons (Fsp3) is 0.345. The SMILES string of the molecule is CC(C)CC([C@H](O)[C@H](Cc1ccc(OCc2ccccc2)cc1)N(N)C(=O)O)S(=O)(=O)c1ccc2c(c1)OCO2. The molecule has 3 aromatic carbocycles. The van der Waals surface area contributed by atoms with Gasteiger partial charge in [-0.2, -0.15) is 0 Å². The van der Waals surface area contributed by atoms with Gasteiger partial charge in [0.25, 0.3) is 0 Å². The second-order valence-electron chi connectivity index (χ2n) is 10.1. The summed E-state index contributed by atoms with van der Waals surface area (Å²) >= 11 is 0. The Morgan fingerprint density at radius 3 is 2.33 bits per heavy atom. The molecular weight excluding hydrogens is 536 g/mol. The number of carboxylic acid groups (broad SMARTS) is 1. The van der Waals surface area contributed by atoms with Crippen LogP contribution in [0.3, 0.4) is 0 Å². The summed E-state index contributed by atoms with van der Waals surface area (Å²) in [6.45, 7) is 4.02. The van der Waals surface area contributed by atoms with Gasteiger partial charge in [-0.3, -0.25) is 0 Å². The standard InChI is InChI=1S/C29H34N2O8S/c1-19(2)14-27(40(35,36)23-12-13-25-26(16-23)39-18-38-25)28(32)24(31(30)29(33)34)15-20-8-10-22(11-9-20)37-17-21-6-4-3-5-7-21/h3-13,16,19,24,27-28,32H,14-15,17-18,30H2,1-2H3,(H,33,34)/t24-,27?,28+/m0/s1.